The standard InChI is InChI=1S/C18H20N2O5S/c1-25-17-8-7-13(20-26(2,23)24)9-15(17)12-5-3-11(4-6-12)14-10-16(14)19-18(21)22/h3-9,14,16,19-20H,10H2,1-2H3,(H,21,22)/t14-,16+/m0/s1. The Morgan fingerprint density at radius 3 is 2.46 bits per heavy atom. The molecule has 1 saturated carbocycles. The second-order valence-electron chi connectivity index (χ2n) is 6.31. The first kappa shape index (κ1) is 18.1. The SMILES string of the molecule is COc1ccc(NS(C)(=O)=O)cc1-c1ccc([C@@H]2C[C@H]2NC(=O)O)cc1. The van der Waals surface area contributed by atoms with Crippen molar-refractivity contribution in [3.63, 3.8) is 0 Å². The van der Waals surface area contributed by atoms with Gasteiger partial charge in [-0.15, -0.1) is 0 Å². The minimum atomic E-state index is -3.37. The molecular weight excluding hydrogens is 356 g/mol. The summed E-state index contributed by atoms with van der Waals surface area (Å²) < 4.78 is 30.7. The molecule has 2 aromatic carbocycles. The van der Waals surface area contributed by atoms with E-state index in [4.69, 9.17) is 9.84 Å². The molecule has 2 atom stereocenters. The van der Waals surface area contributed by atoms with E-state index in [0.717, 1.165) is 29.4 Å². The van der Waals surface area contributed by atoms with Crippen molar-refractivity contribution in [3.8, 4) is 16.9 Å². The van der Waals surface area contributed by atoms with Gasteiger partial charge in [0, 0.05) is 23.2 Å². The number of carbonyl (C=O) groups is 1. The Bertz CT molecular complexity index is 925. The number of rotatable bonds is 6. The van der Waals surface area contributed by atoms with Crippen LogP contribution in [0.5, 0.6) is 5.75 Å². The highest BCUT2D eigenvalue weighted by molar-refractivity contribution is 7.92. The average molecular weight is 376 g/mol. The summed E-state index contributed by atoms with van der Waals surface area (Å²) in [6, 6.07) is 12.8. The van der Waals surface area contributed by atoms with Crippen LogP contribution in [0.1, 0.15) is 17.9 Å². The van der Waals surface area contributed by atoms with Crippen molar-refractivity contribution >= 4 is 21.8 Å². The monoisotopic (exact) mass is 376 g/mol. The summed E-state index contributed by atoms with van der Waals surface area (Å²) in [5.74, 6) is 0.828. The molecule has 0 spiro atoms. The highest BCUT2D eigenvalue weighted by Gasteiger charge is 2.39. The number of methoxy groups -OCH3 is 1. The molecular formula is C18H20N2O5S. The molecule has 0 aromatic heterocycles. The van der Waals surface area contributed by atoms with Gasteiger partial charge in [0.1, 0.15) is 5.75 Å². The van der Waals surface area contributed by atoms with Gasteiger partial charge in [-0.3, -0.25) is 4.72 Å². The average Bonchev–Trinajstić information content (AvgIpc) is 3.32. The Labute approximate surface area is 152 Å². The molecule has 3 rings (SSSR count). The van der Waals surface area contributed by atoms with E-state index < -0.39 is 16.1 Å². The van der Waals surface area contributed by atoms with Crippen LogP contribution in [-0.2, 0) is 10.0 Å². The Hall–Kier alpha value is -2.74. The van der Waals surface area contributed by atoms with E-state index in [9.17, 15) is 13.2 Å². The number of carboxylic acid groups (broad SMARTS) is 1. The molecule has 8 heteroatoms. The van der Waals surface area contributed by atoms with Gasteiger partial charge in [0.15, 0.2) is 0 Å². The van der Waals surface area contributed by atoms with Crippen LogP contribution in [-0.4, -0.2) is 39.0 Å². The Kier molecular flexibility index (Phi) is 4.78. The van der Waals surface area contributed by atoms with Gasteiger partial charge in [0.05, 0.1) is 13.4 Å². The molecule has 1 aliphatic rings. The molecule has 7 nitrogen and oxygen atoms in total. The van der Waals surface area contributed by atoms with Gasteiger partial charge in [-0.1, -0.05) is 24.3 Å². The van der Waals surface area contributed by atoms with E-state index in [-0.39, 0.29) is 12.0 Å². The predicted molar refractivity (Wildman–Crippen MR) is 99.2 cm³/mol. The van der Waals surface area contributed by atoms with Crippen molar-refractivity contribution in [1.82, 2.24) is 5.32 Å². The molecule has 0 saturated heterocycles. The van der Waals surface area contributed by atoms with Gasteiger partial charge < -0.3 is 15.2 Å². The summed E-state index contributed by atoms with van der Waals surface area (Å²) in [5, 5.41) is 11.3. The molecule has 0 radical (unpaired) electrons. The van der Waals surface area contributed by atoms with Crippen molar-refractivity contribution < 1.29 is 23.1 Å². The molecule has 26 heavy (non-hydrogen) atoms. The van der Waals surface area contributed by atoms with Crippen LogP contribution in [0.15, 0.2) is 42.5 Å². The minimum absolute atomic E-state index is 0.0322. The number of hydrogen-bond acceptors (Lipinski definition) is 4. The summed E-state index contributed by atoms with van der Waals surface area (Å²) in [4.78, 5) is 10.7. The van der Waals surface area contributed by atoms with Crippen molar-refractivity contribution in [2.24, 2.45) is 0 Å². The van der Waals surface area contributed by atoms with E-state index >= 15 is 0 Å². The zero-order valence-electron chi connectivity index (χ0n) is 14.4. The van der Waals surface area contributed by atoms with Crippen LogP contribution in [0.2, 0.25) is 0 Å². The number of ether oxygens (including phenoxy) is 1. The first-order chi connectivity index (χ1) is 12.3. The third-order valence-electron chi connectivity index (χ3n) is 4.25. The van der Waals surface area contributed by atoms with Crippen LogP contribution in [0.25, 0.3) is 11.1 Å². The van der Waals surface area contributed by atoms with Gasteiger partial charge in [-0.2, -0.15) is 0 Å². The van der Waals surface area contributed by atoms with Crippen molar-refractivity contribution in [1.29, 1.82) is 0 Å². The lowest BCUT2D eigenvalue weighted by atomic mass is 10.0. The third-order valence-corrected chi connectivity index (χ3v) is 4.86. The molecule has 3 N–H and O–H groups in total. The topological polar surface area (TPSA) is 105 Å². The highest BCUT2D eigenvalue weighted by Crippen LogP contribution is 2.42. The van der Waals surface area contributed by atoms with E-state index in [0.29, 0.717) is 11.4 Å². The molecule has 2 aromatic rings. The smallest absolute Gasteiger partial charge is 0.404 e. The quantitative estimate of drug-likeness (QED) is 0.719. The first-order valence-electron chi connectivity index (χ1n) is 8.02. The van der Waals surface area contributed by atoms with Gasteiger partial charge >= 0.3 is 6.09 Å². The van der Waals surface area contributed by atoms with Crippen LogP contribution < -0.4 is 14.8 Å². The van der Waals surface area contributed by atoms with Crippen LogP contribution in [0.4, 0.5) is 10.5 Å². The predicted octanol–water partition coefficient (Wildman–Crippen LogP) is 2.86. The highest BCUT2D eigenvalue weighted by atomic mass is 32.2. The molecule has 0 unspecified atom stereocenters. The fourth-order valence-corrected chi connectivity index (χ4v) is 3.56. The van der Waals surface area contributed by atoms with Crippen molar-refractivity contribution in [2.45, 2.75) is 18.4 Å². The fraction of sp³-hybridized carbons (Fsp3) is 0.278. The van der Waals surface area contributed by atoms with E-state index in [1.54, 1.807) is 25.3 Å². The van der Waals surface area contributed by atoms with Gasteiger partial charge in [0.25, 0.3) is 0 Å². The summed E-state index contributed by atoms with van der Waals surface area (Å²) in [7, 11) is -1.81. The molecule has 1 amide bonds. The summed E-state index contributed by atoms with van der Waals surface area (Å²) >= 11 is 0. The number of nitrogens with one attached hydrogen (secondary N) is 2. The molecule has 1 aliphatic carbocycles. The number of amides is 1. The maximum atomic E-state index is 11.4. The van der Waals surface area contributed by atoms with E-state index in [2.05, 4.69) is 10.0 Å². The number of hydrogen-bond donors (Lipinski definition) is 3. The number of benzene rings is 2. The number of anilines is 1. The maximum Gasteiger partial charge on any atom is 0.404 e. The third kappa shape index (κ3) is 4.26. The first-order valence-corrected chi connectivity index (χ1v) is 9.91. The van der Waals surface area contributed by atoms with Gasteiger partial charge in [-0.25, -0.2) is 13.2 Å². The lowest BCUT2D eigenvalue weighted by molar-refractivity contribution is 0.193. The Morgan fingerprint density at radius 2 is 1.88 bits per heavy atom. The van der Waals surface area contributed by atoms with Gasteiger partial charge in [0.2, 0.25) is 10.0 Å². The maximum absolute atomic E-state index is 11.4. The Balaban J connectivity index is 1.84. The van der Waals surface area contributed by atoms with Crippen LogP contribution in [0.3, 0.4) is 0 Å². The molecule has 0 aliphatic heterocycles. The molecule has 1 fully saturated rings. The van der Waals surface area contributed by atoms with E-state index in [1.165, 1.54) is 0 Å². The Morgan fingerprint density at radius 1 is 1.19 bits per heavy atom. The van der Waals surface area contributed by atoms with Crippen molar-refractivity contribution in [2.75, 3.05) is 18.1 Å². The lowest BCUT2D eigenvalue weighted by Crippen LogP contribution is -2.24. The van der Waals surface area contributed by atoms with E-state index in [1.807, 2.05) is 24.3 Å². The summed E-state index contributed by atoms with van der Waals surface area (Å²) in [6.45, 7) is 0. The normalized spacial score (nSPS) is 18.8. The zero-order valence-corrected chi connectivity index (χ0v) is 15.2. The fourth-order valence-electron chi connectivity index (χ4n) is 3.00. The second kappa shape index (κ2) is 6.87. The van der Waals surface area contributed by atoms with Crippen LogP contribution in [0, 0.1) is 0 Å². The summed E-state index contributed by atoms with van der Waals surface area (Å²) in [5.41, 5.74) is 3.17. The molecule has 0 heterocycles. The summed E-state index contributed by atoms with van der Waals surface area (Å²) in [6.07, 6.45) is 0.889. The number of sulfonamides is 1. The lowest BCUT2D eigenvalue weighted by Gasteiger charge is -2.12. The second-order valence-corrected chi connectivity index (χ2v) is 8.06. The largest absolute Gasteiger partial charge is 0.496 e. The van der Waals surface area contributed by atoms with Crippen molar-refractivity contribution in [3.05, 3.63) is 48.0 Å². The molecule has 138 valence electrons. The molecule has 0 bridgehead atoms. The zero-order chi connectivity index (χ0) is 18.9. The van der Waals surface area contributed by atoms with Crippen LogP contribution >= 0.6 is 0 Å². The van der Waals surface area contributed by atoms with Gasteiger partial charge in [-0.05, 0) is 35.7 Å². The minimum Gasteiger partial charge on any atom is -0.496 e.